The molecule has 0 fully saturated rings. The third-order valence-electron chi connectivity index (χ3n) is 2.86. The van der Waals surface area contributed by atoms with E-state index >= 15 is 0 Å². The van der Waals surface area contributed by atoms with Crippen LogP contribution in [0, 0.1) is 0 Å². The van der Waals surface area contributed by atoms with Crippen LogP contribution in [0.15, 0.2) is 51.8 Å². The number of hydrogen-bond acceptors (Lipinski definition) is 5. The van der Waals surface area contributed by atoms with Gasteiger partial charge in [0.25, 0.3) is 0 Å². The molecule has 0 N–H and O–H groups in total. The first-order chi connectivity index (χ1) is 10.3. The Labute approximate surface area is 137 Å². The van der Waals surface area contributed by atoms with Gasteiger partial charge in [-0.25, -0.2) is 0 Å². The van der Waals surface area contributed by atoms with Crippen LogP contribution in [0.2, 0.25) is 0 Å². The fourth-order valence-corrected chi connectivity index (χ4v) is 3.09. The molecule has 0 unspecified atom stereocenters. The van der Waals surface area contributed by atoms with Crippen molar-refractivity contribution < 1.29 is 22.1 Å². The second kappa shape index (κ2) is 6.50. The van der Waals surface area contributed by atoms with Gasteiger partial charge in [0.05, 0.1) is 11.6 Å². The Morgan fingerprint density at radius 2 is 1.86 bits per heavy atom. The zero-order valence-corrected chi connectivity index (χ0v) is 14.3. The Hall–Kier alpha value is -1.86. The van der Waals surface area contributed by atoms with E-state index in [1.54, 1.807) is 18.2 Å². The molecule has 0 saturated carbocycles. The fraction of sp³-hybridized carbons (Fsp3) is 0.133. The van der Waals surface area contributed by atoms with Gasteiger partial charge in [0.1, 0.15) is 16.4 Å². The molecule has 0 aromatic heterocycles. The molecule has 116 valence electrons. The van der Waals surface area contributed by atoms with Crippen LogP contribution in [0.1, 0.15) is 17.3 Å². The van der Waals surface area contributed by atoms with Crippen LogP contribution in [-0.4, -0.2) is 21.3 Å². The number of rotatable bonds is 5. The monoisotopic (exact) mass is 384 g/mol. The normalized spacial score (nSPS) is 11.0. The molecule has 5 nitrogen and oxygen atoms in total. The highest BCUT2D eigenvalue weighted by molar-refractivity contribution is 9.10. The van der Waals surface area contributed by atoms with Crippen molar-refractivity contribution in [3.63, 3.8) is 0 Å². The first-order valence-corrected chi connectivity index (χ1v) is 8.42. The standard InChI is InChI=1S/C15H13BrO5S/c1-10(17)11-4-3-5-12(8-11)21-22(18,19)13-6-7-14(16)15(9-13)20-2/h3-9H,1-2H3. The number of ketones is 1. The molecule has 0 heterocycles. The molecule has 7 heteroatoms. The summed E-state index contributed by atoms with van der Waals surface area (Å²) in [5.41, 5.74) is 0.376. The van der Waals surface area contributed by atoms with Crippen LogP contribution in [-0.2, 0) is 10.1 Å². The van der Waals surface area contributed by atoms with Gasteiger partial charge in [-0.1, -0.05) is 12.1 Å². The van der Waals surface area contributed by atoms with E-state index in [-0.39, 0.29) is 16.4 Å². The quantitative estimate of drug-likeness (QED) is 0.583. The van der Waals surface area contributed by atoms with Gasteiger partial charge in [-0.05, 0) is 47.1 Å². The molecule has 0 spiro atoms. The van der Waals surface area contributed by atoms with Gasteiger partial charge in [0.2, 0.25) is 0 Å². The minimum atomic E-state index is -4.02. The average molecular weight is 385 g/mol. The summed E-state index contributed by atoms with van der Waals surface area (Å²) in [6.07, 6.45) is 0. The molecule has 22 heavy (non-hydrogen) atoms. The van der Waals surface area contributed by atoms with E-state index < -0.39 is 10.1 Å². The van der Waals surface area contributed by atoms with Crippen LogP contribution >= 0.6 is 15.9 Å². The van der Waals surface area contributed by atoms with E-state index in [1.807, 2.05) is 0 Å². The smallest absolute Gasteiger partial charge is 0.339 e. The minimum Gasteiger partial charge on any atom is -0.496 e. The Balaban J connectivity index is 2.35. The van der Waals surface area contributed by atoms with E-state index in [4.69, 9.17) is 8.92 Å². The Kier molecular flexibility index (Phi) is 4.87. The Morgan fingerprint density at radius 3 is 2.50 bits per heavy atom. The van der Waals surface area contributed by atoms with Gasteiger partial charge in [-0.15, -0.1) is 0 Å². The second-order valence-corrected chi connectivity index (χ2v) is 6.82. The summed E-state index contributed by atoms with van der Waals surface area (Å²) in [5, 5.41) is 0. The van der Waals surface area contributed by atoms with E-state index in [2.05, 4.69) is 15.9 Å². The number of Topliss-reactive ketones (excluding diaryl/α,β-unsaturated/α-hetero) is 1. The molecule has 0 atom stereocenters. The maximum atomic E-state index is 12.3. The van der Waals surface area contributed by atoms with Crippen molar-refractivity contribution in [1.82, 2.24) is 0 Å². The molecule has 0 saturated heterocycles. The molecule has 2 aromatic rings. The number of halogens is 1. The lowest BCUT2D eigenvalue weighted by Gasteiger charge is -2.10. The summed E-state index contributed by atoms with van der Waals surface area (Å²) < 4.78 is 35.3. The van der Waals surface area contributed by atoms with E-state index in [0.29, 0.717) is 15.8 Å². The van der Waals surface area contributed by atoms with Gasteiger partial charge in [0, 0.05) is 11.6 Å². The predicted octanol–water partition coefficient (Wildman–Crippen LogP) is 3.43. The number of carbonyl (C=O) groups is 1. The lowest BCUT2D eigenvalue weighted by molar-refractivity contribution is 0.101. The van der Waals surface area contributed by atoms with Crippen molar-refractivity contribution in [3.05, 3.63) is 52.5 Å². The predicted molar refractivity (Wildman–Crippen MR) is 85.0 cm³/mol. The van der Waals surface area contributed by atoms with Crippen LogP contribution < -0.4 is 8.92 Å². The van der Waals surface area contributed by atoms with Crippen molar-refractivity contribution in [3.8, 4) is 11.5 Å². The summed E-state index contributed by atoms with van der Waals surface area (Å²) in [7, 11) is -2.58. The highest BCUT2D eigenvalue weighted by Crippen LogP contribution is 2.29. The maximum absolute atomic E-state index is 12.3. The van der Waals surface area contributed by atoms with Crippen LogP contribution in [0.4, 0.5) is 0 Å². The first-order valence-electron chi connectivity index (χ1n) is 6.22. The molecular weight excluding hydrogens is 372 g/mol. The Morgan fingerprint density at radius 1 is 1.14 bits per heavy atom. The number of benzene rings is 2. The molecular formula is C15H13BrO5S. The number of methoxy groups -OCH3 is 1. The third-order valence-corrected chi connectivity index (χ3v) is 4.76. The highest BCUT2D eigenvalue weighted by atomic mass is 79.9. The largest absolute Gasteiger partial charge is 0.496 e. The molecule has 0 aliphatic carbocycles. The number of hydrogen-bond donors (Lipinski definition) is 0. The van der Waals surface area contributed by atoms with Gasteiger partial charge in [0.15, 0.2) is 5.78 Å². The molecule has 0 bridgehead atoms. The fourth-order valence-electron chi connectivity index (χ4n) is 1.74. The molecule has 0 aliphatic heterocycles. The lowest BCUT2D eigenvalue weighted by atomic mass is 10.1. The topological polar surface area (TPSA) is 69.7 Å². The van der Waals surface area contributed by atoms with Crippen molar-refractivity contribution in [2.45, 2.75) is 11.8 Å². The molecule has 0 aliphatic rings. The summed E-state index contributed by atoms with van der Waals surface area (Å²) in [6.45, 7) is 1.40. The molecule has 0 amide bonds. The third kappa shape index (κ3) is 3.66. The van der Waals surface area contributed by atoms with Crippen LogP contribution in [0.3, 0.4) is 0 Å². The van der Waals surface area contributed by atoms with Crippen LogP contribution in [0.25, 0.3) is 0 Å². The van der Waals surface area contributed by atoms with Crippen molar-refractivity contribution >= 4 is 31.8 Å². The zero-order chi connectivity index (χ0) is 16.3. The molecule has 2 rings (SSSR count). The number of carbonyl (C=O) groups excluding carboxylic acids is 1. The van der Waals surface area contributed by atoms with Crippen molar-refractivity contribution in [2.75, 3.05) is 7.11 Å². The van der Waals surface area contributed by atoms with E-state index in [0.717, 1.165) is 0 Å². The average Bonchev–Trinajstić information content (AvgIpc) is 2.47. The van der Waals surface area contributed by atoms with E-state index in [1.165, 1.54) is 38.3 Å². The summed E-state index contributed by atoms with van der Waals surface area (Å²) >= 11 is 3.25. The maximum Gasteiger partial charge on any atom is 0.339 e. The van der Waals surface area contributed by atoms with Gasteiger partial charge < -0.3 is 8.92 Å². The van der Waals surface area contributed by atoms with Crippen LogP contribution in [0.5, 0.6) is 11.5 Å². The zero-order valence-electron chi connectivity index (χ0n) is 11.9. The highest BCUT2D eigenvalue weighted by Gasteiger charge is 2.19. The molecule has 0 radical (unpaired) electrons. The summed E-state index contributed by atoms with van der Waals surface area (Å²) in [5.74, 6) is 0.282. The minimum absolute atomic E-state index is 0.0409. The Bertz CT molecular complexity index is 814. The van der Waals surface area contributed by atoms with Gasteiger partial charge >= 0.3 is 10.1 Å². The second-order valence-electron chi connectivity index (χ2n) is 4.42. The van der Waals surface area contributed by atoms with Crippen molar-refractivity contribution in [2.24, 2.45) is 0 Å². The van der Waals surface area contributed by atoms with Crippen molar-refractivity contribution in [1.29, 1.82) is 0 Å². The molecule has 2 aromatic carbocycles. The van der Waals surface area contributed by atoms with Gasteiger partial charge in [-0.2, -0.15) is 8.42 Å². The van der Waals surface area contributed by atoms with Gasteiger partial charge in [-0.3, -0.25) is 4.79 Å². The SMILES string of the molecule is COc1cc(S(=O)(=O)Oc2cccc(C(C)=O)c2)ccc1Br. The first kappa shape index (κ1) is 16.5. The lowest BCUT2D eigenvalue weighted by Crippen LogP contribution is -2.10. The van der Waals surface area contributed by atoms with E-state index in [9.17, 15) is 13.2 Å². The summed E-state index contributed by atoms with van der Waals surface area (Å²) in [6, 6.07) is 10.3. The number of ether oxygens (including phenoxy) is 1. The summed E-state index contributed by atoms with van der Waals surface area (Å²) in [4.78, 5) is 11.3.